The van der Waals surface area contributed by atoms with Crippen molar-refractivity contribution < 1.29 is 9.53 Å². The minimum absolute atomic E-state index is 0.0687. The average Bonchev–Trinajstić information content (AvgIpc) is 3.41. The van der Waals surface area contributed by atoms with Crippen molar-refractivity contribution >= 4 is 11.5 Å². The number of carbonyl (C=O) groups excluding carboxylic acids is 1. The van der Waals surface area contributed by atoms with E-state index in [1.807, 2.05) is 12.1 Å². The first-order chi connectivity index (χ1) is 12.0. The summed E-state index contributed by atoms with van der Waals surface area (Å²) < 4.78 is 5.12. The van der Waals surface area contributed by atoms with E-state index < -0.39 is 0 Å². The third kappa shape index (κ3) is 2.89. The number of nitrogens with one attached hydrogen (secondary N) is 1. The normalized spacial score (nSPS) is 31.7. The van der Waals surface area contributed by atoms with Crippen molar-refractivity contribution in [2.24, 2.45) is 11.8 Å². The Labute approximate surface area is 150 Å². The number of likely N-dealkylation sites (tertiary alicyclic amines) is 1. The SMILES string of the molecule is COCCNc1ccc2c(c1)C1(C)CCN(CC3CC3)[C@H](C2=O)[C@@H]1C. The number of Topliss-reactive ketones (excluding diaryl/α,β-unsaturated/α-hetero) is 1. The number of fused-ring (bicyclic) bond motifs is 4. The van der Waals surface area contributed by atoms with E-state index in [-0.39, 0.29) is 11.5 Å². The van der Waals surface area contributed by atoms with Gasteiger partial charge in [-0.15, -0.1) is 0 Å². The summed E-state index contributed by atoms with van der Waals surface area (Å²) in [5.41, 5.74) is 3.38. The molecule has 1 aliphatic heterocycles. The maximum Gasteiger partial charge on any atom is 0.180 e. The first-order valence-corrected chi connectivity index (χ1v) is 9.70. The van der Waals surface area contributed by atoms with Gasteiger partial charge in [-0.1, -0.05) is 13.8 Å². The van der Waals surface area contributed by atoms with E-state index in [9.17, 15) is 4.79 Å². The molecule has 2 fully saturated rings. The van der Waals surface area contributed by atoms with Crippen molar-refractivity contribution in [3.05, 3.63) is 29.3 Å². The van der Waals surface area contributed by atoms with Crippen molar-refractivity contribution in [2.45, 2.75) is 44.6 Å². The van der Waals surface area contributed by atoms with Gasteiger partial charge < -0.3 is 10.1 Å². The highest BCUT2D eigenvalue weighted by molar-refractivity contribution is 6.04. The Morgan fingerprint density at radius 1 is 1.36 bits per heavy atom. The summed E-state index contributed by atoms with van der Waals surface area (Å²) in [6.07, 6.45) is 3.82. The second-order valence-electron chi connectivity index (χ2n) is 8.38. The number of carbonyl (C=O) groups is 1. The molecule has 3 atom stereocenters. The smallest absolute Gasteiger partial charge is 0.180 e. The van der Waals surface area contributed by atoms with Crippen molar-refractivity contribution in [1.29, 1.82) is 0 Å². The number of methoxy groups -OCH3 is 1. The molecule has 25 heavy (non-hydrogen) atoms. The summed E-state index contributed by atoms with van der Waals surface area (Å²) in [4.78, 5) is 15.8. The number of rotatable bonds is 6. The van der Waals surface area contributed by atoms with Crippen LogP contribution in [-0.4, -0.2) is 50.1 Å². The van der Waals surface area contributed by atoms with Gasteiger partial charge in [0.1, 0.15) is 0 Å². The zero-order chi connectivity index (χ0) is 17.6. The van der Waals surface area contributed by atoms with Gasteiger partial charge in [0, 0.05) is 31.5 Å². The zero-order valence-corrected chi connectivity index (χ0v) is 15.7. The fraction of sp³-hybridized carbons (Fsp3) is 0.667. The lowest BCUT2D eigenvalue weighted by Crippen LogP contribution is -2.61. The van der Waals surface area contributed by atoms with Gasteiger partial charge in [-0.25, -0.2) is 0 Å². The molecule has 1 aromatic carbocycles. The van der Waals surface area contributed by atoms with E-state index in [0.29, 0.717) is 18.3 Å². The molecule has 1 aromatic rings. The van der Waals surface area contributed by atoms with Crippen LogP contribution in [0, 0.1) is 11.8 Å². The Balaban J connectivity index is 1.65. The summed E-state index contributed by atoms with van der Waals surface area (Å²) in [7, 11) is 1.71. The monoisotopic (exact) mass is 342 g/mol. The molecular weight excluding hydrogens is 312 g/mol. The topological polar surface area (TPSA) is 41.6 Å². The number of hydrogen-bond acceptors (Lipinski definition) is 4. The third-order valence-corrected chi connectivity index (χ3v) is 6.78. The molecule has 1 heterocycles. The van der Waals surface area contributed by atoms with Gasteiger partial charge in [0.25, 0.3) is 0 Å². The Kier molecular flexibility index (Phi) is 4.37. The van der Waals surface area contributed by atoms with Gasteiger partial charge in [-0.2, -0.15) is 0 Å². The first-order valence-electron chi connectivity index (χ1n) is 9.70. The second-order valence-corrected chi connectivity index (χ2v) is 8.38. The molecule has 4 nitrogen and oxygen atoms in total. The number of ketones is 1. The predicted molar refractivity (Wildman–Crippen MR) is 100 cm³/mol. The zero-order valence-electron chi connectivity index (χ0n) is 15.7. The molecule has 1 unspecified atom stereocenters. The third-order valence-electron chi connectivity index (χ3n) is 6.78. The molecule has 0 aromatic heterocycles. The van der Waals surface area contributed by atoms with E-state index in [1.165, 1.54) is 18.4 Å². The van der Waals surface area contributed by atoms with Crippen LogP contribution in [-0.2, 0) is 10.2 Å². The standard InChI is InChI=1S/C21H30N2O2/c1-14-19-20(24)17-7-6-16(22-9-11-25-3)12-18(17)21(14,2)8-10-23(19)13-15-4-5-15/h6-7,12,14-15,19,22H,4-5,8-11,13H2,1-3H3/t14-,19-,21?/m0/s1. The van der Waals surface area contributed by atoms with Crippen LogP contribution >= 0.6 is 0 Å². The summed E-state index contributed by atoms with van der Waals surface area (Å²) in [5.74, 6) is 1.54. The van der Waals surface area contributed by atoms with Crippen LogP contribution in [0.2, 0.25) is 0 Å². The molecule has 0 amide bonds. The maximum absolute atomic E-state index is 13.3. The minimum Gasteiger partial charge on any atom is -0.383 e. The highest BCUT2D eigenvalue weighted by Crippen LogP contribution is 2.49. The Hall–Kier alpha value is -1.39. The molecule has 136 valence electrons. The molecule has 2 bridgehead atoms. The van der Waals surface area contributed by atoms with Crippen LogP contribution in [0.25, 0.3) is 0 Å². The quantitative estimate of drug-likeness (QED) is 0.805. The van der Waals surface area contributed by atoms with Crippen molar-refractivity contribution in [3.63, 3.8) is 0 Å². The van der Waals surface area contributed by atoms with Crippen molar-refractivity contribution in [1.82, 2.24) is 4.90 Å². The van der Waals surface area contributed by atoms with Crippen LogP contribution in [0.1, 0.15) is 49.0 Å². The minimum atomic E-state index is 0.0687. The van der Waals surface area contributed by atoms with Gasteiger partial charge in [0.05, 0.1) is 12.6 Å². The number of piperidine rings is 1. The van der Waals surface area contributed by atoms with Gasteiger partial charge in [0.2, 0.25) is 0 Å². The first kappa shape index (κ1) is 17.0. The molecule has 2 aliphatic carbocycles. The molecule has 1 N–H and O–H groups in total. The van der Waals surface area contributed by atoms with Crippen LogP contribution in [0.4, 0.5) is 5.69 Å². The van der Waals surface area contributed by atoms with Gasteiger partial charge in [-0.05, 0) is 66.8 Å². The predicted octanol–water partition coefficient (Wildman–Crippen LogP) is 3.32. The Morgan fingerprint density at radius 3 is 2.88 bits per heavy atom. The van der Waals surface area contributed by atoms with E-state index in [4.69, 9.17) is 4.74 Å². The number of ether oxygens (including phenoxy) is 1. The van der Waals surface area contributed by atoms with Crippen LogP contribution in [0.15, 0.2) is 18.2 Å². The number of anilines is 1. The maximum atomic E-state index is 13.3. The molecule has 1 saturated carbocycles. The fourth-order valence-corrected chi connectivity index (χ4v) is 4.82. The highest BCUT2D eigenvalue weighted by atomic mass is 16.5. The second kappa shape index (κ2) is 6.40. The number of benzene rings is 1. The molecule has 4 rings (SSSR count). The van der Waals surface area contributed by atoms with E-state index in [2.05, 4.69) is 30.1 Å². The Morgan fingerprint density at radius 2 is 2.16 bits per heavy atom. The van der Waals surface area contributed by atoms with Crippen LogP contribution in [0.3, 0.4) is 0 Å². The van der Waals surface area contributed by atoms with Gasteiger partial charge >= 0.3 is 0 Å². The molecule has 4 heteroatoms. The molecule has 3 aliphatic rings. The molecule has 0 radical (unpaired) electrons. The summed E-state index contributed by atoms with van der Waals surface area (Å²) >= 11 is 0. The molecule has 1 saturated heterocycles. The van der Waals surface area contributed by atoms with E-state index >= 15 is 0 Å². The summed E-state index contributed by atoms with van der Waals surface area (Å²) in [5, 5.41) is 3.41. The molecular formula is C21H30N2O2. The lowest BCUT2D eigenvalue weighted by molar-refractivity contribution is 0.0266. The van der Waals surface area contributed by atoms with Gasteiger partial charge in [0.15, 0.2) is 5.78 Å². The van der Waals surface area contributed by atoms with Crippen LogP contribution < -0.4 is 5.32 Å². The lowest BCUT2D eigenvalue weighted by Gasteiger charge is -2.53. The number of nitrogens with zero attached hydrogens (tertiary/aromatic N) is 1. The Bertz CT molecular complexity index is 670. The number of hydrogen-bond donors (Lipinski definition) is 1. The highest BCUT2D eigenvalue weighted by Gasteiger charge is 2.52. The molecule has 0 spiro atoms. The lowest BCUT2D eigenvalue weighted by atomic mass is 9.58. The largest absolute Gasteiger partial charge is 0.383 e. The van der Waals surface area contributed by atoms with Gasteiger partial charge in [-0.3, -0.25) is 9.69 Å². The van der Waals surface area contributed by atoms with Crippen LogP contribution in [0.5, 0.6) is 0 Å². The summed E-state index contributed by atoms with van der Waals surface area (Å²) in [6.45, 7) is 8.28. The van der Waals surface area contributed by atoms with Crippen molar-refractivity contribution in [2.75, 3.05) is 38.7 Å². The fourth-order valence-electron chi connectivity index (χ4n) is 4.82. The van der Waals surface area contributed by atoms with E-state index in [0.717, 1.165) is 43.2 Å². The van der Waals surface area contributed by atoms with Crippen molar-refractivity contribution in [3.8, 4) is 0 Å². The van der Waals surface area contributed by atoms with E-state index in [1.54, 1.807) is 7.11 Å². The summed E-state index contributed by atoms with van der Waals surface area (Å²) in [6, 6.07) is 6.38. The average molecular weight is 342 g/mol.